The van der Waals surface area contributed by atoms with E-state index in [1.807, 2.05) is 25.1 Å². The lowest BCUT2D eigenvalue weighted by Gasteiger charge is -2.17. The average molecular weight is 372 g/mol. The van der Waals surface area contributed by atoms with Gasteiger partial charge in [0.2, 0.25) is 5.91 Å². The van der Waals surface area contributed by atoms with Crippen molar-refractivity contribution in [1.82, 2.24) is 4.90 Å². The molecule has 0 saturated heterocycles. The quantitative estimate of drug-likeness (QED) is 0.758. The van der Waals surface area contributed by atoms with Gasteiger partial charge in [-0.15, -0.1) is 0 Å². The maximum Gasteiger partial charge on any atom is 0.338 e. The van der Waals surface area contributed by atoms with Gasteiger partial charge in [0.05, 0.1) is 12.1 Å². The molecule has 0 saturated carbocycles. The van der Waals surface area contributed by atoms with Gasteiger partial charge < -0.3 is 15.0 Å². The molecule has 0 bridgehead atoms. The third-order valence-electron chi connectivity index (χ3n) is 3.87. The number of hydrogen-bond acceptors (Lipinski definition) is 4. The SMILES string of the molecule is CCc1ccccc1NC(=O)CN(C)C(=O)COC(=O)c1cccc(F)c1. The number of amides is 2. The second-order valence-electron chi connectivity index (χ2n) is 5.90. The molecule has 0 aromatic heterocycles. The monoisotopic (exact) mass is 372 g/mol. The van der Waals surface area contributed by atoms with Crippen LogP contribution in [0.2, 0.25) is 0 Å². The van der Waals surface area contributed by atoms with Crippen LogP contribution in [0.1, 0.15) is 22.8 Å². The molecule has 27 heavy (non-hydrogen) atoms. The number of anilines is 1. The fraction of sp³-hybridized carbons (Fsp3) is 0.250. The number of benzene rings is 2. The lowest BCUT2D eigenvalue weighted by molar-refractivity contribution is -0.136. The van der Waals surface area contributed by atoms with E-state index in [0.29, 0.717) is 5.69 Å². The van der Waals surface area contributed by atoms with Gasteiger partial charge in [-0.1, -0.05) is 31.2 Å². The van der Waals surface area contributed by atoms with Crippen LogP contribution in [0.4, 0.5) is 10.1 Å². The summed E-state index contributed by atoms with van der Waals surface area (Å²) >= 11 is 0. The van der Waals surface area contributed by atoms with E-state index in [4.69, 9.17) is 4.74 Å². The first kappa shape index (κ1) is 20.1. The van der Waals surface area contributed by atoms with Gasteiger partial charge in [-0.3, -0.25) is 9.59 Å². The molecule has 2 aromatic carbocycles. The van der Waals surface area contributed by atoms with Gasteiger partial charge in [-0.05, 0) is 36.2 Å². The van der Waals surface area contributed by atoms with E-state index in [1.54, 1.807) is 6.07 Å². The molecular formula is C20H21FN2O4. The molecule has 2 aromatic rings. The zero-order valence-electron chi connectivity index (χ0n) is 15.2. The van der Waals surface area contributed by atoms with E-state index >= 15 is 0 Å². The van der Waals surface area contributed by atoms with Crippen molar-refractivity contribution in [2.24, 2.45) is 0 Å². The van der Waals surface area contributed by atoms with Crippen molar-refractivity contribution >= 4 is 23.5 Å². The number of nitrogens with one attached hydrogen (secondary N) is 1. The first-order valence-electron chi connectivity index (χ1n) is 8.45. The average Bonchev–Trinajstić information content (AvgIpc) is 2.66. The molecule has 0 radical (unpaired) electrons. The first-order chi connectivity index (χ1) is 12.9. The van der Waals surface area contributed by atoms with Gasteiger partial charge in [0.1, 0.15) is 5.82 Å². The van der Waals surface area contributed by atoms with Crippen LogP contribution >= 0.6 is 0 Å². The van der Waals surface area contributed by atoms with Gasteiger partial charge in [-0.2, -0.15) is 0 Å². The molecule has 0 spiro atoms. The number of para-hydroxylation sites is 1. The Balaban J connectivity index is 1.84. The van der Waals surface area contributed by atoms with Gasteiger partial charge in [0, 0.05) is 12.7 Å². The Morgan fingerprint density at radius 3 is 2.56 bits per heavy atom. The Kier molecular flexibility index (Phi) is 7.05. The minimum atomic E-state index is -0.808. The van der Waals surface area contributed by atoms with E-state index < -0.39 is 24.3 Å². The molecule has 0 aliphatic rings. The van der Waals surface area contributed by atoms with Crippen LogP contribution in [-0.2, 0) is 20.7 Å². The summed E-state index contributed by atoms with van der Waals surface area (Å²) in [5, 5.41) is 2.76. The van der Waals surface area contributed by atoms with E-state index in [2.05, 4.69) is 5.32 Å². The highest BCUT2D eigenvalue weighted by atomic mass is 19.1. The highest BCUT2D eigenvalue weighted by Crippen LogP contribution is 2.15. The van der Waals surface area contributed by atoms with Crippen molar-refractivity contribution in [3.63, 3.8) is 0 Å². The standard InChI is InChI=1S/C20H21FN2O4/c1-3-14-7-4-5-10-17(14)22-18(24)12-23(2)19(25)13-27-20(26)15-8-6-9-16(21)11-15/h4-11H,3,12-13H2,1-2H3,(H,22,24). The van der Waals surface area contributed by atoms with Crippen molar-refractivity contribution in [2.75, 3.05) is 25.5 Å². The first-order valence-corrected chi connectivity index (χ1v) is 8.45. The summed E-state index contributed by atoms with van der Waals surface area (Å²) in [7, 11) is 1.43. The van der Waals surface area contributed by atoms with Crippen LogP contribution in [0, 0.1) is 5.82 Å². The molecule has 6 nitrogen and oxygen atoms in total. The summed E-state index contributed by atoms with van der Waals surface area (Å²) in [6.45, 7) is 1.26. The molecule has 2 amide bonds. The van der Waals surface area contributed by atoms with Gasteiger partial charge >= 0.3 is 5.97 Å². The molecule has 7 heteroatoms. The summed E-state index contributed by atoms with van der Waals surface area (Å²) in [6.07, 6.45) is 0.765. The van der Waals surface area contributed by atoms with Crippen LogP contribution in [0.3, 0.4) is 0 Å². The zero-order valence-corrected chi connectivity index (χ0v) is 15.2. The number of carbonyl (C=O) groups excluding carboxylic acids is 3. The lowest BCUT2D eigenvalue weighted by Crippen LogP contribution is -2.37. The van der Waals surface area contributed by atoms with Crippen molar-refractivity contribution in [1.29, 1.82) is 0 Å². The Morgan fingerprint density at radius 1 is 1.11 bits per heavy atom. The van der Waals surface area contributed by atoms with E-state index in [1.165, 1.54) is 25.2 Å². The fourth-order valence-electron chi connectivity index (χ4n) is 2.38. The molecule has 0 fully saturated rings. The van der Waals surface area contributed by atoms with Crippen LogP contribution in [0.5, 0.6) is 0 Å². The van der Waals surface area contributed by atoms with Crippen LogP contribution in [0.15, 0.2) is 48.5 Å². The molecule has 2 rings (SSSR count). The molecule has 142 valence electrons. The number of esters is 1. The minimum Gasteiger partial charge on any atom is -0.452 e. The highest BCUT2D eigenvalue weighted by Gasteiger charge is 2.16. The second-order valence-corrected chi connectivity index (χ2v) is 5.90. The highest BCUT2D eigenvalue weighted by molar-refractivity contribution is 5.96. The smallest absolute Gasteiger partial charge is 0.338 e. The molecule has 0 atom stereocenters. The number of carbonyl (C=O) groups is 3. The molecule has 0 heterocycles. The predicted molar refractivity (Wildman–Crippen MR) is 98.8 cm³/mol. The van der Waals surface area contributed by atoms with Gasteiger partial charge in [-0.25, -0.2) is 9.18 Å². The maximum absolute atomic E-state index is 13.1. The van der Waals surface area contributed by atoms with Crippen molar-refractivity contribution in [3.8, 4) is 0 Å². The Bertz CT molecular complexity index is 838. The van der Waals surface area contributed by atoms with Gasteiger partial charge in [0.15, 0.2) is 6.61 Å². The number of nitrogens with zero attached hydrogens (tertiary/aromatic N) is 1. The number of hydrogen-bond donors (Lipinski definition) is 1. The van der Waals surface area contributed by atoms with Crippen LogP contribution in [-0.4, -0.2) is 42.9 Å². The number of halogens is 1. The maximum atomic E-state index is 13.1. The van der Waals surface area contributed by atoms with Gasteiger partial charge in [0.25, 0.3) is 5.91 Å². The third-order valence-corrected chi connectivity index (χ3v) is 3.87. The third kappa shape index (κ3) is 5.91. The second kappa shape index (κ2) is 9.47. The molecule has 0 aliphatic carbocycles. The fourth-order valence-corrected chi connectivity index (χ4v) is 2.38. The summed E-state index contributed by atoms with van der Waals surface area (Å²) in [5.74, 6) is -2.28. The molecular weight excluding hydrogens is 351 g/mol. The van der Waals surface area contributed by atoms with Crippen LogP contribution in [0.25, 0.3) is 0 Å². The molecule has 0 aliphatic heterocycles. The Morgan fingerprint density at radius 2 is 1.85 bits per heavy atom. The zero-order chi connectivity index (χ0) is 19.8. The molecule has 1 N–H and O–H groups in total. The van der Waals surface area contributed by atoms with Crippen molar-refractivity contribution < 1.29 is 23.5 Å². The summed E-state index contributed by atoms with van der Waals surface area (Å²) in [6, 6.07) is 12.4. The summed E-state index contributed by atoms with van der Waals surface area (Å²) in [4.78, 5) is 37.2. The number of likely N-dealkylation sites (N-methyl/N-ethyl adjacent to an activating group) is 1. The van der Waals surface area contributed by atoms with Crippen LogP contribution < -0.4 is 5.32 Å². The lowest BCUT2D eigenvalue weighted by atomic mass is 10.1. The number of ether oxygens (including phenoxy) is 1. The van der Waals surface area contributed by atoms with E-state index in [0.717, 1.165) is 23.0 Å². The predicted octanol–water partition coefficient (Wildman–Crippen LogP) is 2.64. The number of rotatable bonds is 7. The van der Waals surface area contributed by atoms with Crippen molar-refractivity contribution in [3.05, 3.63) is 65.5 Å². The normalized spacial score (nSPS) is 10.2. The van der Waals surface area contributed by atoms with E-state index in [9.17, 15) is 18.8 Å². The largest absolute Gasteiger partial charge is 0.452 e. The summed E-state index contributed by atoms with van der Waals surface area (Å²) < 4.78 is 18.0. The minimum absolute atomic E-state index is 0.0133. The van der Waals surface area contributed by atoms with E-state index in [-0.39, 0.29) is 18.0 Å². The Hall–Kier alpha value is -3.22. The Labute approximate surface area is 156 Å². The topological polar surface area (TPSA) is 75.7 Å². The molecule has 0 unspecified atom stereocenters. The van der Waals surface area contributed by atoms with Crippen molar-refractivity contribution in [2.45, 2.75) is 13.3 Å². The summed E-state index contributed by atoms with van der Waals surface area (Å²) in [5.41, 5.74) is 1.70. The number of aryl methyl sites for hydroxylation is 1.